The molecule has 0 aliphatic carbocycles. The highest BCUT2D eigenvalue weighted by Crippen LogP contribution is 2.29. The fourth-order valence-corrected chi connectivity index (χ4v) is 3.45. The maximum atomic E-state index is 12.2. The van der Waals surface area contributed by atoms with Crippen molar-refractivity contribution in [2.24, 2.45) is 0 Å². The molecule has 2 aromatic carbocycles. The lowest BCUT2D eigenvalue weighted by atomic mass is 9.98. The van der Waals surface area contributed by atoms with Gasteiger partial charge >= 0.3 is 12.1 Å². The number of halogens is 1. The lowest BCUT2D eigenvalue weighted by Crippen LogP contribution is -2.35. The normalized spacial score (nSPS) is 16.3. The number of carbonyl (C=O) groups excluding carboxylic acids is 2. The van der Waals surface area contributed by atoms with Crippen LogP contribution in [0.1, 0.15) is 44.2 Å². The van der Waals surface area contributed by atoms with Gasteiger partial charge in [-0.1, -0.05) is 35.9 Å². The summed E-state index contributed by atoms with van der Waals surface area (Å²) < 4.78 is 5.46. The quantitative estimate of drug-likeness (QED) is 0.684. The van der Waals surface area contributed by atoms with Gasteiger partial charge < -0.3 is 20.3 Å². The predicted octanol–water partition coefficient (Wildman–Crippen LogP) is 5.39. The molecule has 2 N–H and O–H groups in total. The van der Waals surface area contributed by atoms with Crippen LogP contribution >= 0.6 is 11.6 Å². The summed E-state index contributed by atoms with van der Waals surface area (Å²) in [6.07, 6.45) is 0.633. The van der Waals surface area contributed by atoms with Crippen molar-refractivity contribution in [1.82, 2.24) is 10.2 Å². The van der Waals surface area contributed by atoms with Crippen LogP contribution in [0, 0.1) is 0 Å². The molecule has 3 amide bonds. The van der Waals surface area contributed by atoms with Crippen LogP contribution in [0.25, 0.3) is 0 Å². The number of amides is 3. The second-order valence-electron chi connectivity index (χ2n) is 8.47. The molecular weight excluding hydrogens is 402 g/mol. The van der Waals surface area contributed by atoms with Crippen LogP contribution in [0.2, 0.25) is 5.02 Å². The Hall–Kier alpha value is -2.73. The van der Waals surface area contributed by atoms with E-state index in [1.807, 2.05) is 57.2 Å². The molecule has 1 atom stereocenters. The van der Waals surface area contributed by atoms with Crippen LogP contribution in [-0.4, -0.2) is 35.7 Å². The van der Waals surface area contributed by atoms with E-state index >= 15 is 0 Å². The van der Waals surface area contributed by atoms with E-state index in [0.717, 1.165) is 17.5 Å². The number of carbonyl (C=O) groups is 2. The summed E-state index contributed by atoms with van der Waals surface area (Å²) >= 11 is 5.86. The Bertz CT molecular complexity index is 876. The fraction of sp³-hybridized carbons (Fsp3) is 0.391. The molecule has 0 spiro atoms. The van der Waals surface area contributed by atoms with E-state index in [1.54, 1.807) is 17.0 Å². The van der Waals surface area contributed by atoms with Gasteiger partial charge in [0.05, 0.1) is 0 Å². The number of rotatable bonds is 4. The van der Waals surface area contributed by atoms with Crippen molar-refractivity contribution in [1.29, 1.82) is 0 Å². The summed E-state index contributed by atoms with van der Waals surface area (Å²) in [5.41, 5.74) is 2.35. The SMILES string of the molecule is CC(C)(C)OC(=O)N1CCC(c2ccc(NC(=O)NCc3ccc(Cl)cc3)cc2)C1. The number of ether oxygens (including phenoxy) is 1. The second kappa shape index (κ2) is 9.39. The highest BCUT2D eigenvalue weighted by atomic mass is 35.5. The van der Waals surface area contributed by atoms with Crippen LogP contribution in [0.3, 0.4) is 0 Å². The Morgan fingerprint density at radius 3 is 2.40 bits per heavy atom. The van der Waals surface area contributed by atoms with Gasteiger partial charge in [0.25, 0.3) is 0 Å². The molecule has 0 aromatic heterocycles. The Labute approximate surface area is 182 Å². The number of hydrogen-bond acceptors (Lipinski definition) is 3. The first-order valence-corrected chi connectivity index (χ1v) is 10.4. The number of urea groups is 1. The minimum Gasteiger partial charge on any atom is -0.444 e. The average molecular weight is 430 g/mol. The highest BCUT2D eigenvalue weighted by Gasteiger charge is 2.30. The van der Waals surface area contributed by atoms with Crippen molar-refractivity contribution in [2.45, 2.75) is 45.3 Å². The summed E-state index contributed by atoms with van der Waals surface area (Å²) in [7, 11) is 0. The number of nitrogens with one attached hydrogen (secondary N) is 2. The standard InChI is InChI=1S/C23H28ClN3O3/c1-23(2,3)30-22(29)27-13-12-18(15-27)17-6-10-20(11-7-17)26-21(28)25-14-16-4-8-19(24)9-5-16/h4-11,18H,12-15H2,1-3H3,(H2,25,26,28). The van der Waals surface area contributed by atoms with Crippen LogP contribution < -0.4 is 10.6 Å². The number of benzene rings is 2. The van der Waals surface area contributed by atoms with E-state index in [4.69, 9.17) is 16.3 Å². The van der Waals surface area contributed by atoms with E-state index in [9.17, 15) is 9.59 Å². The number of likely N-dealkylation sites (tertiary alicyclic amines) is 1. The van der Waals surface area contributed by atoms with Gasteiger partial charge in [0, 0.05) is 36.3 Å². The summed E-state index contributed by atoms with van der Waals surface area (Å²) in [4.78, 5) is 26.1. The van der Waals surface area contributed by atoms with Gasteiger partial charge in [-0.05, 0) is 62.6 Å². The third kappa shape index (κ3) is 6.39. The van der Waals surface area contributed by atoms with E-state index in [2.05, 4.69) is 10.6 Å². The largest absolute Gasteiger partial charge is 0.444 e. The second-order valence-corrected chi connectivity index (χ2v) is 8.90. The minimum atomic E-state index is -0.489. The number of nitrogens with zero attached hydrogens (tertiary/aromatic N) is 1. The number of hydrogen-bond donors (Lipinski definition) is 2. The van der Waals surface area contributed by atoms with Crippen LogP contribution in [0.4, 0.5) is 15.3 Å². The molecule has 30 heavy (non-hydrogen) atoms. The molecule has 7 heteroatoms. The fourth-order valence-electron chi connectivity index (χ4n) is 3.32. The van der Waals surface area contributed by atoms with Crippen molar-refractivity contribution in [3.63, 3.8) is 0 Å². The Morgan fingerprint density at radius 2 is 1.77 bits per heavy atom. The predicted molar refractivity (Wildman–Crippen MR) is 119 cm³/mol. The third-order valence-corrected chi connectivity index (χ3v) is 5.10. The number of anilines is 1. The molecule has 0 bridgehead atoms. The monoisotopic (exact) mass is 429 g/mol. The molecule has 1 unspecified atom stereocenters. The molecule has 1 saturated heterocycles. The summed E-state index contributed by atoms with van der Waals surface area (Å²) in [6, 6.07) is 14.8. The smallest absolute Gasteiger partial charge is 0.410 e. The Balaban J connectivity index is 1.48. The highest BCUT2D eigenvalue weighted by molar-refractivity contribution is 6.30. The summed E-state index contributed by atoms with van der Waals surface area (Å²) in [5.74, 6) is 0.269. The third-order valence-electron chi connectivity index (χ3n) is 4.85. The summed E-state index contributed by atoms with van der Waals surface area (Å²) in [5, 5.41) is 6.32. The van der Waals surface area contributed by atoms with Gasteiger partial charge in [-0.15, -0.1) is 0 Å². The lowest BCUT2D eigenvalue weighted by molar-refractivity contribution is 0.0292. The molecule has 3 rings (SSSR count). The molecule has 1 heterocycles. The molecule has 1 aliphatic rings. The molecule has 2 aromatic rings. The van der Waals surface area contributed by atoms with Gasteiger partial charge in [-0.2, -0.15) is 0 Å². The van der Waals surface area contributed by atoms with Crippen molar-refractivity contribution in [2.75, 3.05) is 18.4 Å². The first-order chi connectivity index (χ1) is 14.2. The van der Waals surface area contributed by atoms with Crippen LogP contribution in [-0.2, 0) is 11.3 Å². The average Bonchev–Trinajstić information content (AvgIpc) is 3.17. The molecular formula is C23H28ClN3O3. The van der Waals surface area contributed by atoms with Crippen molar-refractivity contribution in [3.05, 3.63) is 64.7 Å². The Morgan fingerprint density at radius 1 is 1.10 bits per heavy atom. The zero-order valence-electron chi connectivity index (χ0n) is 17.6. The minimum absolute atomic E-state index is 0.263. The van der Waals surface area contributed by atoms with Gasteiger partial charge in [0.1, 0.15) is 5.60 Å². The first kappa shape index (κ1) is 22.0. The zero-order valence-corrected chi connectivity index (χ0v) is 18.3. The maximum Gasteiger partial charge on any atom is 0.410 e. The van der Waals surface area contributed by atoms with Crippen molar-refractivity contribution in [3.8, 4) is 0 Å². The molecule has 6 nitrogen and oxygen atoms in total. The zero-order chi connectivity index (χ0) is 21.7. The van der Waals surface area contributed by atoms with Crippen LogP contribution in [0.15, 0.2) is 48.5 Å². The molecule has 1 fully saturated rings. The van der Waals surface area contributed by atoms with Crippen LogP contribution in [0.5, 0.6) is 0 Å². The Kier molecular flexibility index (Phi) is 6.87. The van der Waals surface area contributed by atoms with E-state index in [0.29, 0.717) is 30.3 Å². The van der Waals surface area contributed by atoms with Gasteiger partial charge in [-0.25, -0.2) is 9.59 Å². The topological polar surface area (TPSA) is 70.7 Å². The maximum absolute atomic E-state index is 12.2. The lowest BCUT2D eigenvalue weighted by Gasteiger charge is -2.24. The first-order valence-electron chi connectivity index (χ1n) is 10.1. The van der Waals surface area contributed by atoms with E-state index in [-0.39, 0.29) is 18.0 Å². The van der Waals surface area contributed by atoms with E-state index in [1.165, 1.54) is 0 Å². The summed E-state index contributed by atoms with van der Waals surface area (Å²) in [6.45, 7) is 7.36. The molecule has 0 saturated carbocycles. The van der Waals surface area contributed by atoms with Crippen molar-refractivity contribution >= 4 is 29.4 Å². The van der Waals surface area contributed by atoms with Gasteiger partial charge in [0.2, 0.25) is 0 Å². The van der Waals surface area contributed by atoms with Gasteiger partial charge in [0.15, 0.2) is 0 Å². The van der Waals surface area contributed by atoms with Gasteiger partial charge in [-0.3, -0.25) is 0 Å². The van der Waals surface area contributed by atoms with Crippen molar-refractivity contribution < 1.29 is 14.3 Å². The molecule has 0 radical (unpaired) electrons. The molecule has 160 valence electrons. The molecule has 1 aliphatic heterocycles. The van der Waals surface area contributed by atoms with E-state index < -0.39 is 5.60 Å².